The van der Waals surface area contributed by atoms with Crippen LogP contribution in [0, 0.1) is 0 Å². The van der Waals surface area contributed by atoms with E-state index >= 15 is 0 Å². The van der Waals surface area contributed by atoms with Crippen molar-refractivity contribution in [2.45, 2.75) is 12.7 Å². The van der Waals surface area contributed by atoms with Crippen molar-refractivity contribution in [3.05, 3.63) is 60.2 Å². The number of hydrogen-bond donors (Lipinski definition) is 1. The van der Waals surface area contributed by atoms with Gasteiger partial charge in [0, 0.05) is 6.42 Å². The maximum Gasteiger partial charge on any atom is 0.201 e. The SMILES string of the molecule is COc1ccccc1OC(O)Cc1ccccc1. The van der Waals surface area contributed by atoms with E-state index in [9.17, 15) is 5.11 Å². The van der Waals surface area contributed by atoms with Gasteiger partial charge < -0.3 is 14.6 Å². The molecule has 0 spiro atoms. The van der Waals surface area contributed by atoms with Crippen molar-refractivity contribution >= 4 is 0 Å². The molecule has 0 aliphatic carbocycles. The van der Waals surface area contributed by atoms with Gasteiger partial charge in [0.15, 0.2) is 11.5 Å². The Labute approximate surface area is 107 Å². The van der Waals surface area contributed by atoms with Crippen molar-refractivity contribution in [2.75, 3.05) is 7.11 Å². The Balaban J connectivity index is 2.01. The van der Waals surface area contributed by atoms with Crippen molar-refractivity contribution in [1.82, 2.24) is 0 Å². The molecule has 2 rings (SSSR count). The predicted octanol–water partition coefficient (Wildman–Crippen LogP) is 2.64. The highest BCUT2D eigenvalue weighted by atomic mass is 16.6. The zero-order valence-corrected chi connectivity index (χ0v) is 10.2. The molecule has 3 nitrogen and oxygen atoms in total. The van der Waals surface area contributed by atoms with Crippen LogP contribution in [0.1, 0.15) is 5.56 Å². The Hall–Kier alpha value is -2.00. The summed E-state index contributed by atoms with van der Waals surface area (Å²) in [5, 5.41) is 9.90. The fourth-order valence-electron chi connectivity index (χ4n) is 1.72. The van der Waals surface area contributed by atoms with Crippen LogP contribution in [0.15, 0.2) is 54.6 Å². The summed E-state index contributed by atoms with van der Waals surface area (Å²) in [6.45, 7) is 0. The van der Waals surface area contributed by atoms with Crippen LogP contribution < -0.4 is 9.47 Å². The highest BCUT2D eigenvalue weighted by molar-refractivity contribution is 5.39. The van der Waals surface area contributed by atoms with Crippen LogP contribution in [0.4, 0.5) is 0 Å². The van der Waals surface area contributed by atoms with E-state index < -0.39 is 6.29 Å². The molecular formula is C15H16O3. The molecule has 0 fully saturated rings. The minimum absolute atomic E-state index is 0.443. The molecule has 0 saturated heterocycles. The van der Waals surface area contributed by atoms with E-state index in [1.807, 2.05) is 42.5 Å². The average Bonchev–Trinajstić information content (AvgIpc) is 2.40. The molecule has 0 radical (unpaired) electrons. The number of aliphatic hydroxyl groups excluding tert-OH is 1. The molecule has 0 saturated carbocycles. The lowest BCUT2D eigenvalue weighted by Crippen LogP contribution is -2.18. The number of aliphatic hydroxyl groups is 1. The monoisotopic (exact) mass is 244 g/mol. The average molecular weight is 244 g/mol. The van der Waals surface area contributed by atoms with E-state index in [0.717, 1.165) is 5.56 Å². The zero-order chi connectivity index (χ0) is 12.8. The van der Waals surface area contributed by atoms with E-state index in [-0.39, 0.29) is 0 Å². The summed E-state index contributed by atoms with van der Waals surface area (Å²) in [5.74, 6) is 1.16. The number of hydrogen-bond acceptors (Lipinski definition) is 3. The predicted molar refractivity (Wildman–Crippen MR) is 69.8 cm³/mol. The van der Waals surface area contributed by atoms with Crippen LogP contribution in [-0.4, -0.2) is 18.5 Å². The van der Waals surface area contributed by atoms with Gasteiger partial charge in [-0.3, -0.25) is 0 Å². The molecule has 1 unspecified atom stereocenters. The van der Waals surface area contributed by atoms with Gasteiger partial charge in [-0.1, -0.05) is 42.5 Å². The minimum atomic E-state index is -0.885. The van der Waals surface area contributed by atoms with Crippen LogP contribution >= 0.6 is 0 Å². The van der Waals surface area contributed by atoms with Crippen molar-refractivity contribution < 1.29 is 14.6 Å². The van der Waals surface area contributed by atoms with Gasteiger partial charge in [-0.25, -0.2) is 0 Å². The van der Waals surface area contributed by atoms with Gasteiger partial charge in [0.2, 0.25) is 6.29 Å². The van der Waals surface area contributed by atoms with Gasteiger partial charge in [-0.05, 0) is 17.7 Å². The van der Waals surface area contributed by atoms with Crippen molar-refractivity contribution in [3.63, 3.8) is 0 Å². The Morgan fingerprint density at radius 1 is 0.944 bits per heavy atom. The van der Waals surface area contributed by atoms with Gasteiger partial charge in [-0.15, -0.1) is 0 Å². The standard InChI is InChI=1S/C15H16O3/c1-17-13-9-5-6-10-14(13)18-15(16)11-12-7-3-2-4-8-12/h2-10,15-16H,11H2,1H3. The summed E-state index contributed by atoms with van der Waals surface area (Å²) < 4.78 is 10.6. The lowest BCUT2D eigenvalue weighted by molar-refractivity contribution is -0.0174. The van der Waals surface area contributed by atoms with Gasteiger partial charge >= 0.3 is 0 Å². The first-order chi connectivity index (χ1) is 8.79. The zero-order valence-electron chi connectivity index (χ0n) is 10.2. The van der Waals surface area contributed by atoms with Crippen LogP contribution in [0.3, 0.4) is 0 Å². The molecular weight excluding hydrogens is 228 g/mol. The van der Waals surface area contributed by atoms with Crippen LogP contribution in [0.25, 0.3) is 0 Å². The molecule has 0 aromatic heterocycles. The summed E-state index contributed by atoms with van der Waals surface area (Å²) in [5.41, 5.74) is 1.03. The molecule has 1 atom stereocenters. The first-order valence-corrected chi connectivity index (χ1v) is 5.81. The van der Waals surface area contributed by atoms with Gasteiger partial charge in [0.25, 0.3) is 0 Å². The molecule has 3 heteroatoms. The molecule has 0 bridgehead atoms. The minimum Gasteiger partial charge on any atom is -0.493 e. The third kappa shape index (κ3) is 3.25. The third-order valence-electron chi connectivity index (χ3n) is 2.59. The Morgan fingerprint density at radius 2 is 1.56 bits per heavy atom. The smallest absolute Gasteiger partial charge is 0.201 e. The summed E-state index contributed by atoms with van der Waals surface area (Å²) in [7, 11) is 1.58. The topological polar surface area (TPSA) is 38.7 Å². The van der Waals surface area contributed by atoms with Gasteiger partial charge in [0.05, 0.1) is 7.11 Å². The maximum atomic E-state index is 9.90. The Bertz CT molecular complexity index is 482. The van der Waals surface area contributed by atoms with Crippen LogP contribution in [0.2, 0.25) is 0 Å². The number of methoxy groups -OCH3 is 1. The quantitative estimate of drug-likeness (QED) is 0.822. The second kappa shape index (κ2) is 6.07. The second-order valence-electron chi connectivity index (χ2n) is 3.91. The molecule has 0 amide bonds. The number of para-hydroxylation sites is 2. The van der Waals surface area contributed by atoms with E-state index in [1.54, 1.807) is 19.2 Å². The van der Waals surface area contributed by atoms with Crippen molar-refractivity contribution in [2.24, 2.45) is 0 Å². The highest BCUT2D eigenvalue weighted by Crippen LogP contribution is 2.26. The normalized spacial score (nSPS) is 11.9. The number of benzene rings is 2. The largest absolute Gasteiger partial charge is 0.493 e. The Morgan fingerprint density at radius 3 is 2.22 bits per heavy atom. The summed E-state index contributed by atoms with van der Waals surface area (Å²) in [4.78, 5) is 0. The molecule has 2 aromatic carbocycles. The lowest BCUT2D eigenvalue weighted by atomic mass is 10.1. The van der Waals surface area contributed by atoms with E-state index in [2.05, 4.69) is 0 Å². The summed E-state index contributed by atoms with van der Waals surface area (Å²) in [6.07, 6.45) is -0.442. The molecule has 94 valence electrons. The second-order valence-corrected chi connectivity index (χ2v) is 3.91. The summed E-state index contributed by atoms with van der Waals surface area (Å²) >= 11 is 0. The molecule has 0 aliphatic heterocycles. The first kappa shape index (κ1) is 12.5. The summed E-state index contributed by atoms with van der Waals surface area (Å²) in [6, 6.07) is 17.0. The van der Waals surface area contributed by atoms with Gasteiger partial charge in [-0.2, -0.15) is 0 Å². The van der Waals surface area contributed by atoms with Gasteiger partial charge in [0.1, 0.15) is 0 Å². The number of ether oxygens (including phenoxy) is 2. The van der Waals surface area contributed by atoms with Crippen LogP contribution in [-0.2, 0) is 6.42 Å². The molecule has 1 N–H and O–H groups in total. The van der Waals surface area contributed by atoms with Crippen molar-refractivity contribution in [3.8, 4) is 11.5 Å². The Kier molecular flexibility index (Phi) is 4.20. The lowest BCUT2D eigenvalue weighted by Gasteiger charge is -2.15. The fraction of sp³-hybridized carbons (Fsp3) is 0.200. The highest BCUT2D eigenvalue weighted by Gasteiger charge is 2.10. The van der Waals surface area contributed by atoms with E-state index in [1.165, 1.54) is 0 Å². The third-order valence-corrected chi connectivity index (χ3v) is 2.59. The molecule has 2 aromatic rings. The molecule has 0 aliphatic rings. The molecule has 18 heavy (non-hydrogen) atoms. The fourth-order valence-corrected chi connectivity index (χ4v) is 1.72. The number of rotatable bonds is 5. The van der Waals surface area contributed by atoms with E-state index in [0.29, 0.717) is 17.9 Å². The van der Waals surface area contributed by atoms with Crippen LogP contribution in [0.5, 0.6) is 11.5 Å². The maximum absolute atomic E-state index is 9.90. The molecule has 0 heterocycles. The van der Waals surface area contributed by atoms with Crippen molar-refractivity contribution in [1.29, 1.82) is 0 Å². The first-order valence-electron chi connectivity index (χ1n) is 5.81. The van der Waals surface area contributed by atoms with E-state index in [4.69, 9.17) is 9.47 Å².